The summed E-state index contributed by atoms with van der Waals surface area (Å²) in [5, 5.41) is 0. The van der Waals surface area contributed by atoms with Gasteiger partial charge in [-0.15, -0.1) is 11.8 Å². The van der Waals surface area contributed by atoms with Crippen LogP contribution in [0.5, 0.6) is 0 Å². The molecule has 0 amide bonds. The smallest absolute Gasteiger partial charge is 0.0699 e. The number of hydrogen-bond acceptors (Lipinski definition) is 2. The first-order chi connectivity index (χ1) is 3.31. The van der Waals surface area contributed by atoms with Crippen LogP contribution < -0.4 is 0 Å². The summed E-state index contributed by atoms with van der Waals surface area (Å²) < 4.78 is 0.947. The highest BCUT2D eigenvalue weighted by Gasteiger charge is 1.78. The van der Waals surface area contributed by atoms with Crippen LogP contribution in [0.1, 0.15) is 6.92 Å². The average Bonchev–Trinajstić information content (AvgIpc) is 1.68. The Kier molecular flexibility index (Phi) is 4.45. The molecule has 0 nitrogen and oxygen atoms in total. The predicted molar refractivity (Wildman–Crippen MR) is 40.9 cm³/mol. The molecule has 0 radical (unpaired) electrons. The third-order valence-corrected chi connectivity index (χ3v) is 1.68. The second-order valence-corrected chi connectivity index (χ2v) is 2.57. The van der Waals surface area contributed by atoms with Gasteiger partial charge in [0.2, 0.25) is 0 Å². The van der Waals surface area contributed by atoms with E-state index in [1.165, 1.54) is 0 Å². The Morgan fingerprint density at radius 1 is 1.71 bits per heavy atom. The lowest BCUT2D eigenvalue weighted by molar-refractivity contribution is 1.78. The number of thiocarbonyl (C=S) groups is 1. The molecule has 0 aromatic rings. The van der Waals surface area contributed by atoms with Gasteiger partial charge in [0.1, 0.15) is 0 Å². The third-order valence-electron chi connectivity index (χ3n) is 0.504. The minimum absolute atomic E-state index is 0.947. The fourth-order valence-corrected chi connectivity index (χ4v) is 0.612. The van der Waals surface area contributed by atoms with Crippen LogP contribution >= 0.6 is 24.0 Å². The summed E-state index contributed by atoms with van der Waals surface area (Å²) in [7, 11) is 0. The Balaban J connectivity index is 3.37. The van der Waals surface area contributed by atoms with Crippen molar-refractivity contribution in [3.05, 3.63) is 12.2 Å². The molecule has 0 aromatic carbocycles. The largest absolute Gasteiger partial charge is 0.118 e. The highest BCUT2D eigenvalue weighted by atomic mass is 32.2. The highest BCUT2D eigenvalue weighted by molar-refractivity contribution is 8.23. The molecule has 0 unspecified atom stereocenters. The second kappa shape index (κ2) is 4.34. The number of rotatable bonds is 1. The van der Waals surface area contributed by atoms with Gasteiger partial charge in [-0.3, -0.25) is 0 Å². The first-order valence-electron chi connectivity index (χ1n) is 2.02. The summed E-state index contributed by atoms with van der Waals surface area (Å²) >= 11 is 6.42. The standard InChI is InChI=1S/C5H8S2/c1-3-4-5(6)7-2/h3-4H,1-2H3. The molecule has 0 spiro atoms. The maximum absolute atomic E-state index is 4.83. The molecule has 0 saturated heterocycles. The van der Waals surface area contributed by atoms with E-state index < -0.39 is 0 Å². The molecule has 7 heavy (non-hydrogen) atoms. The molecule has 0 aliphatic heterocycles. The Hall–Kier alpha value is 0.180. The van der Waals surface area contributed by atoms with E-state index in [4.69, 9.17) is 12.2 Å². The third kappa shape index (κ3) is 4.02. The van der Waals surface area contributed by atoms with Crippen LogP contribution in [-0.4, -0.2) is 10.5 Å². The Morgan fingerprint density at radius 3 is 2.43 bits per heavy atom. The molecule has 0 saturated carbocycles. The van der Waals surface area contributed by atoms with Gasteiger partial charge in [-0.25, -0.2) is 0 Å². The first-order valence-corrected chi connectivity index (χ1v) is 3.65. The van der Waals surface area contributed by atoms with E-state index in [0.717, 1.165) is 4.20 Å². The monoisotopic (exact) mass is 132 g/mol. The van der Waals surface area contributed by atoms with Crippen LogP contribution in [0.15, 0.2) is 12.2 Å². The van der Waals surface area contributed by atoms with Gasteiger partial charge in [0.05, 0.1) is 4.20 Å². The molecule has 0 atom stereocenters. The first kappa shape index (κ1) is 7.18. The van der Waals surface area contributed by atoms with Crippen molar-refractivity contribution in [1.29, 1.82) is 0 Å². The fourth-order valence-electron chi connectivity index (χ4n) is 0.204. The summed E-state index contributed by atoms with van der Waals surface area (Å²) in [4.78, 5) is 0. The van der Waals surface area contributed by atoms with Gasteiger partial charge < -0.3 is 0 Å². The molecule has 0 N–H and O–H groups in total. The average molecular weight is 132 g/mol. The van der Waals surface area contributed by atoms with Crippen LogP contribution in [0.25, 0.3) is 0 Å². The number of thioether (sulfide) groups is 1. The molecule has 0 rings (SSSR count). The minimum atomic E-state index is 0.947. The normalized spacial score (nSPS) is 10.0. The lowest BCUT2D eigenvalue weighted by Crippen LogP contribution is -1.73. The van der Waals surface area contributed by atoms with Gasteiger partial charge in [-0.1, -0.05) is 18.3 Å². The van der Waals surface area contributed by atoms with E-state index in [-0.39, 0.29) is 0 Å². The zero-order valence-electron chi connectivity index (χ0n) is 4.47. The molecule has 0 bridgehead atoms. The number of hydrogen-bond donors (Lipinski definition) is 0. The maximum Gasteiger partial charge on any atom is 0.0699 e. The van der Waals surface area contributed by atoms with E-state index in [1.54, 1.807) is 11.8 Å². The van der Waals surface area contributed by atoms with Crippen molar-refractivity contribution in [3.63, 3.8) is 0 Å². The quantitative estimate of drug-likeness (QED) is 0.396. The molecule has 0 aliphatic rings. The molecule has 0 fully saturated rings. The Morgan fingerprint density at radius 2 is 2.29 bits per heavy atom. The molecule has 2 heteroatoms. The summed E-state index contributed by atoms with van der Waals surface area (Å²) in [6.07, 6.45) is 5.83. The summed E-state index contributed by atoms with van der Waals surface area (Å²) in [5.74, 6) is 0. The summed E-state index contributed by atoms with van der Waals surface area (Å²) in [5.41, 5.74) is 0. The van der Waals surface area contributed by atoms with Crippen molar-refractivity contribution < 1.29 is 0 Å². The van der Waals surface area contributed by atoms with Gasteiger partial charge >= 0.3 is 0 Å². The van der Waals surface area contributed by atoms with Crippen LogP contribution in [0.2, 0.25) is 0 Å². The van der Waals surface area contributed by atoms with Crippen LogP contribution in [0, 0.1) is 0 Å². The Bertz CT molecular complexity index is 84.1. The van der Waals surface area contributed by atoms with Crippen molar-refractivity contribution in [2.45, 2.75) is 6.92 Å². The maximum atomic E-state index is 4.83. The van der Waals surface area contributed by atoms with Crippen molar-refractivity contribution in [1.82, 2.24) is 0 Å². The van der Waals surface area contributed by atoms with E-state index in [9.17, 15) is 0 Å². The van der Waals surface area contributed by atoms with E-state index in [0.29, 0.717) is 0 Å². The molecular formula is C5H8S2. The van der Waals surface area contributed by atoms with Crippen molar-refractivity contribution in [2.24, 2.45) is 0 Å². The molecular weight excluding hydrogens is 124 g/mol. The Labute approximate surface area is 54.0 Å². The van der Waals surface area contributed by atoms with Gasteiger partial charge in [-0.2, -0.15) is 0 Å². The fraction of sp³-hybridized carbons (Fsp3) is 0.400. The van der Waals surface area contributed by atoms with Crippen LogP contribution in [0.4, 0.5) is 0 Å². The van der Waals surface area contributed by atoms with Gasteiger partial charge in [0.25, 0.3) is 0 Å². The highest BCUT2D eigenvalue weighted by Crippen LogP contribution is 1.97. The minimum Gasteiger partial charge on any atom is -0.118 e. The van der Waals surface area contributed by atoms with Crippen molar-refractivity contribution in [3.8, 4) is 0 Å². The molecule has 0 aromatic heterocycles. The summed E-state index contributed by atoms with van der Waals surface area (Å²) in [6, 6.07) is 0. The lowest BCUT2D eigenvalue weighted by atomic mass is 10.6. The zero-order valence-corrected chi connectivity index (χ0v) is 6.10. The van der Waals surface area contributed by atoms with Crippen LogP contribution in [0.3, 0.4) is 0 Å². The topological polar surface area (TPSA) is 0 Å². The number of allylic oxidation sites excluding steroid dienone is 1. The zero-order chi connectivity index (χ0) is 5.70. The molecule has 0 aliphatic carbocycles. The van der Waals surface area contributed by atoms with E-state index in [2.05, 4.69) is 0 Å². The van der Waals surface area contributed by atoms with Gasteiger partial charge in [0, 0.05) is 0 Å². The summed E-state index contributed by atoms with van der Waals surface area (Å²) in [6.45, 7) is 1.96. The van der Waals surface area contributed by atoms with Crippen molar-refractivity contribution >= 4 is 28.2 Å². The van der Waals surface area contributed by atoms with Crippen molar-refractivity contribution in [2.75, 3.05) is 6.26 Å². The molecule has 40 valence electrons. The van der Waals surface area contributed by atoms with Gasteiger partial charge in [0.15, 0.2) is 0 Å². The predicted octanol–water partition coefficient (Wildman–Crippen LogP) is 2.25. The second-order valence-electron chi connectivity index (χ2n) is 1.02. The SMILES string of the molecule is CC=CC(=S)SC. The van der Waals surface area contributed by atoms with Gasteiger partial charge in [-0.05, 0) is 19.3 Å². The van der Waals surface area contributed by atoms with Crippen LogP contribution in [-0.2, 0) is 0 Å². The van der Waals surface area contributed by atoms with E-state index in [1.807, 2.05) is 25.3 Å². The van der Waals surface area contributed by atoms with E-state index >= 15 is 0 Å². The molecule has 0 heterocycles. The lowest BCUT2D eigenvalue weighted by Gasteiger charge is -1.82.